The van der Waals surface area contributed by atoms with E-state index >= 15 is 0 Å². The van der Waals surface area contributed by atoms with Crippen molar-refractivity contribution in [2.24, 2.45) is 5.41 Å². The Morgan fingerprint density at radius 1 is 1.25 bits per heavy atom. The SMILES string of the molecule is CC1(C)COC2(CC=CCC2)C1. The van der Waals surface area contributed by atoms with Crippen LogP contribution in [0.1, 0.15) is 39.5 Å². The van der Waals surface area contributed by atoms with Gasteiger partial charge in [-0.25, -0.2) is 0 Å². The van der Waals surface area contributed by atoms with Crippen LogP contribution in [0.25, 0.3) is 0 Å². The normalized spacial score (nSPS) is 39.2. The molecule has 12 heavy (non-hydrogen) atoms. The summed E-state index contributed by atoms with van der Waals surface area (Å²) >= 11 is 0. The molecule has 1 heterocycles. The van der Waals surface area contributed by atoms with Gasteiger partial charge in [0.05, 0.1) is 12.2 Å². The number of ether oxygens (including phenoxy) is 1. The third-order valence-electron chi connectivity index (χ3n) is 2.99. The summed E-state index contributed by atoms with van der Waals surface area (Å²) in [6.45, 7) is 5.56. The van der Waals surface area contributed by atoms with Crippen LogP contribution in [-0.2, 0) is 4.74 Å². The lowest BCUT2D eigenvalue weighted by atomic mass is 9.78. The van der Waals surface area contributed by atoms with Gasteiger partial charge in [-0.1, -0.05) is 26.0 Å². The molecule has 0 aromatic rings. The highest BCUT2D eigenvalue weighted by Gasteiger charge is 2.43. The van der Waals surface area contributed by atoms with Crippen LogP contribution < -0.4 is 0 Å². The number of rotatable bonds is 0. The zero-order chi connectivity index (χ0) is 8.66. The third-order valence-corrected chi connectivity index (χ3v) is 2.99. The molecule has 1 saturated heterocycles. The molecule has 1 aliphatic carbocycles. The van der Waals surface area contributed by atoms with Crippen molar-refractivity contribution in [3.63, 3.8) is 0 Å². The van der Waals surface area contributed by atoms with Gasteiger partial charge in [-0.15, -0.1) is 0 Å². The highest BCUT2D eigenvalue weighted by molar-refractivity contribution is 5.04. The van der Waals surface area contributed by atoms with E-state index in [0.717, 1.165) is 13.0 Å². The Hall–Kier alpha value is -0.300. The second-order valence-corrected chi connectivity index (χ2v) is 5.03. The highest BCUT2D eigenvalue weighted by Crippen LogP contribution is 2.44. The Labute approximate surface area is 74.8 Å². The van der Waals surface area contributed by atoms with Gasteiger partial charge in [0.2, 0.25) is 0 Å². The fourth-order valence-electron chi connectivity index (χ4n) is 2.48. The summed E-state index contributed by atoms with van der Waals surface area (Å²) in [4.78, 5) is 0. The summed E-state index contributed by atoms with van der Waals surface area (Å²) in [6, 6.07) is 0. The largest absolute Gasteiger partial charge is 0.374 e. The Morgan fingerprint density at radius 3 is 2.58 bits per heavy atom. The van der Waals surface area contributed by atoms with Gasteiger partial charge in [-0.2, -0.15) is 0 Å². The van der Waals surface area contributed by atoms with Crippen LogP contribution in [0.4, 0.5) is 0 Å². The molecule has 0 N–H and O–H groups in total. The first-order valence-corrected chi connectivity index (χ1v) is 4.91. The number of hydrogen-bond acceptors (Lipinski definition) is 1. The van der Waals surface area contributed by atoms with E-state index in [9.17, 15) is 0 Å². The van der Waals surface area contributed by atoms with Gasteiger partial charge in [0.25, 0.3) is 0 Å². The lowest BCUT2D eigenvalue weighted by molar-refractivity contribution is -0.00455. The van der Waals surface area contributed by atoms with Gasteiger partial charge in [0, 0.05) is 0 Å². The van der Waals surface area contributed by atoms with Crippen molar-refractivity contribution >= 4 is 0 Å². The Bertz CT molecular complexity index is 205. The molecular weight excluding hydrogens is 148 g/mol. The smallest absolute Gasteiger partial charge is 0.0725 e. The van der Waals surface area contributed by atoms with Gasteiger partial charge >= 0.3 is 0 Å². The average molecular weight is 166 g/mol. The molecule has 0 aromatic heterocycles. The van der Waals surface area contributed by atoms with Crippen molar-refractivity contribution in [2.75, 3.05) is 6.61 Å². The Morgan fingerprint density at radius 2 is 2.08 bits per heavy atom. The molecule has 68 valence electrons. The van der Waals surface area contributed by atoms with Crippen LogP contribution in [0.5, 0.6) is 0 Å². The molecule has 2 aliphatic rings. The monoisotopic (exact) mass is 166 g/mol. The van der Waals surface area contributed by atoms with Crippen LogP contribution in [0.2, 0.25) is 0 Å². The van der Waals surface area contributed by atoms with E-state index in [2.05, 4.69) is 26.0 Å². The first kappa shape index (κ1) is 8.31. The number of hydrogen-bond donors (Lipinski definition) is 0. The van der Waals surface area contributed by atoms with Crippen molar-refractivity contribution in [3.05, 3.63) is 12.2 Å². The summed E-state index contributed by atoms with van der Waals surface area (Å²) in [7, 11) is 0. The van der Waals surface area contributed by atoms with Crippen LogP contribution in [-0.4, -0.2) is 12.2 Å². The summed E-state index contributed by atoms with van der Waals surface area (Å²) in [5.74, 6) is 0. The van der Waals surface area contributed by atoms with E-state index in [-0.39, 0.29) is 5.60 Å². The van der Waals surface area contributed by atoms with E-state index in [4.69, 9.17) is 4.74 Å². The lowest BCUT2D eigenvalue weighted by Crippen LogP contribution is -2.29. The Balaban J connectivity index is 2.09. The van der Waals surface area contributed by atoms with E-state index in [0.29, 0.717) is 5.41 Å². The van der Waals surface area contributed by atoms with Crippen molar-refractivity contribution in [1.82, 2.24) is 0 Å². The van der Waals surface area contributed by atoms with Crippen molar-refractivity contribution < 1.29 is 4.74 Å². The molecular formula is C11H18O. The van der Waals surface area contributed by atoms with Crippen molar-refractivity contribution in [1.29, 1.82) is 0 Å². The summed E-state index contributed by atoms with van der Waals surface area (Å²) in [6.07, 6.45) is 9.37. The molecule has 0 saturated carbocycles. The Kier molecular flexibility index (Phi) is 1.80. The molecule has 1 unspecified atom stereocenters. The summed E-state index contributed by atoms with van der Waals surface area (Å²) in [5, 5.41) is 0. The second kappa shape index (κ2) is 2.59. The fraction of sp³-hybridized carbons (Fsp3) is 0.818. The number of allylic oxidation sites excluding steroid dienone is 1. The van der Waals surface area contributed by atoms with E-state index < -0.39 is 0 Å². The molecule has 0 amide bonds. The first-order chi connectivity index (χ1) is 5.62. The molecule has 2 rings (SSSR count). The van der Waals surface area contributed by atoms with E-state index in [1.165, 1.54) is 19.3 Å². The van der Waals surface area contributed by atoms with Crippen LogP contribution >= 0.6 is 0 Å². The van der Waals surface area contributed by atoms with E-state index in [1.54, 1.807) is 0 Å². The van der Waals surface area contributed by atoms with Gasteiger partial charge in [-0.3, -0.25) is 0 Å². The predicted molar refractivity (Wildman–Crippen MR) is 50.1 cm³/mol. The van der Waals surface area contributed by atoms with Gasteiger partial charge in [0.1, 0.15) is 0 Å². The van der Waals surface area contributed by atoms with Crippen LogP contribution in [0.15, 0.2) is 12.2 Å². The summed E-state index contributed by atoms with van der Waals surface area (Å²) in [5.41, 5.74) is 0.628. The minimum absolute atomic E-state index is 0.220. The maximum atomic E-state index is 5.95. The van der Waals surface area contributed by atoms with Gasteiger partial charge in [-0.05, 0) is 31.1 Å². The highest BCUT2D eigenvalue weighted by atomic mass is 16.5. The molecule has 1 spiro atoms. The molecule has 0 bridgehead atoms. The second-order valence-electron chi connectivity index (χ2n) is 5.03. The zero-order valence-corrected chi connectivity index (χ0v) is 8.10. The van der Waals surface area contributed by atoms with E-state index in [1.807, 2.05) is 0 Å². The standard InChI is InChI=1S/C11H18O/c1-10(2)8-11(12-9-10)6-4-3-5-7-11/h3-4H,5-9H2,1-2H3. The average Bonchev–Trinajstić information content (AvgIpc) is 2.29. The lowest BCUT2D eigenvalue weighted by Gasteiger charge is -2.30. The predicted octanol–water partition coefficient (Wildman–Crippen LogP) is 2.91. The molecule has 0 radical (unpaired) electrons. The third kappa shape index (κ3) is 1.42. The first-order valence-electron chi connectivity index (χ1n) is 4.91. The molecule has 1 fully saturated rings. The fourth-order valence-corrected chi connectivity index (χ4v) is 2.48. The molecule has 0 aromatic carbocycles. The van der Waals surface area contributed by atoms with Gasteiger partial charge < -0.3 is 4.74 Å². The van der Waals surface area contributed by atoms with Gasteiger partial charge in [0.15, 0.2) is 0 Å². The van der Waals surface area contributed by atoms with Crippen molar-refractivity contribution in [3.8, 4) is 0 Å². The zero-order valence-electron chi connectivity index (χ0n) is 8.10. The molecule has 1 heteroatoms. The topological polar surface area (TPSA) is 9.23 Å². The van der Waals surface area contributed by atoms with Crippen LogP contribution in [0, 0.1) is 5.41 Å². The quantitative estimate of drug-likeness (QED) is 0.503. The maximum absolute atomic E-state index is 5.95. The minimum Gasteiger partial charge on any atom is -0.374 e. The molecule has 1 nitrogen and oxygen atoms in total. The summed E-state index contributed by atoms with van der Waals surface area (Å²) < 4.78 is 5.95. The maximum Gasteiger partial charge on any atom is 0.0725 e. The van der Waals surface area contributed by atoms with Crippen LogP contribution in [0.3, 0.4) is 0 Å². The molecule has 1 atom stereocenters. The molecule has 1 aliphatic heterocycles. The minimum atomic E-state index is 0.220. The van der Waals surface area contributed by atoms with Crippen molar-refractivity contribution in [2.45, 2.75) is 45.1 Å².